The maximum atomic E-state index is 11.6. The predicted molar refractivity (Wildman–Crippen MR) is 74.5 cm³/mol. The number of nitrogens with zero attached hydrogens (tertiary/aromatic N) is 1. The van der Waals surface area contributed by atoms with Gasteiger partial charge in [0, 0.05) is 5.69 Å². The summed E-state index contributed by atoms with van der Waals surface area (Å²) in [7, 11) is 0. The van der Waals surface area contributed by atoms with E-state index in [1.54, 1.807) is 0 Å². The van der Waals surface area contributed by atoms with Crippen LogP contribution in [0.1, 0.15) is 0 Å². The number of anilines is 1. The second kappa shape index (κ2) is 6.35. The van der Waals surface area contributed by atoms with Crippen molar-refractivity contribution in [1.82, 2.24) is 0 Å². The molecule has 0 saturated heterocycles. The molecule has 1 N–H and O–H groups in total. The third kappa shape index (κ3) is 3.87. The first-order valence-corrected chi connectivity index (χ1v) is 5.75. The number of Topliss-reactive ketones (excluding diaryl/α,β-unsaturated/α-hetero) is 1. The Balaban J connectivity index is 1.84. The number of benzene rings is 2. The van der Waals surface area contributed by atoms with Crippen molar-refractivity contribution in [3.63, 3.8) is 0 Å². The summed E-state index contributed by atoms with van der Waals surface area (Å²) >= 11 is 0. The van der Waals surface area contributed by atoms with Gasteiger partial charge in [-0.25, -0.2) is 0 Å². The number of hydrogen-bond donors (Lipinski definition) is 1. The van der Waals surface area contributed by atoms with E-state index < -0.39 is 0 Å². The van der Waals surface area contributed by atoms with Crippen molar-refractivity contribution in [2.45, 2.75) is 0 Å². The van der Waals surface area contributed by atoms with E-state index in [0.29, 0.717) is 0 Å². The number of para-hydroxylation sites is 2. The molecule has 0 amide bonds. The molecule has 3 heteroatoms. The fourth-order valence-electron chi connectivity index (χ4n) is 1.45. The molecule has 2 aromatic rings. The molecule has 0 aromatic heterocycles. The molecule has 90 valence electrons. The second-order valence-electron chi connectivity index (χ2n) is 3.78. The highest BCUT2D eigenvalue weighted by molar-refractivity contribution is 6.29. The van der Waals surface area contributed by atoms with Crippen LogP contribution in [-0.2, 0) is 4.79 Å². The summed E-state index contributed by atoms with van der Waals surface area (Å²) in [5.74, 6) is -0.0530. The molecule has 0 saturated carbocycles. The lowest BCUT2D eigenvalue weighted by atomic mass is 10.3. The minimum Gasteiger partial charge on any atom is -0.378 e. The quantitative estimate of drug-likeness (QED) is 0.813. The maximum absolute atomic E-state index is 11.6. The van der Waals surface area contributed by atoms with Gasteiger partial charge < -0.3 is 5.32 Å². The van der Waals surface area contributed by atoms with Crippen molar-refractivity contribution in [2.75, 3.05) is 11.9 Å². The fraction of sp³-hybridized carbons (Fsp3) is 0.0667. The van der Waals surface area contributed by atoms with Crippen molar-refractivity contribution in [3.8, 4) is 0 Å². The van der Waals surface area contributed by atoms with E-state index in [1.807, 2.05) is 60.7 Å². The largest absolute Gasteiger partial charge is 0.378 e. The summed E-state index contributed by atoms with van der Waals surface area (Å²) in [4.78, 5) is 15.7. The van der Waals surface area contributed by atoms with Crippen LogP contribution in [-0.4, -0.2) is 18.5 Å². The van der Waals surface area contributed by atoms with Gasteiger partial charge in [0.15, 0.2) is 5.78 Å². The fourth-order valence-corrected chi connectivity index (χ4v) is 1.45. The summed E-state index contributed by atoms with van der Waals surface area (Å²) < 4.78 is 0. The molecular formula is C15H14N2O. The molecule has 0 atom stereocenters. The molecule has 0 bridgehead atoms. The minimum absolute atomic E-state index is 0.0530. The zero-order valence-electron chi connectivity index (χ0n) is 9.91. The first-order chi connectivity index (χ1) is 8.84. The lowest BCUT2D eigenvalue weighted by Gasteiger charge is -2.02. The molecule has 0 radical (unpaired) electrons. The molecule has 0 unspecified atom stereocenters. The summed E-state index contributed by atoms with van der Waals surface area (Å²) in [6, 6.07) is 19.0. The summed E-state index contributed by atoms with van der Waals surface area (Å²) in [5, 5.41) is 3.04. The average molecular weight is 238 g/mol. The van der Waals surface area contributed by atoms with Crippen LogP contribution in [0.15, 0.2) is 65.7 Å². The lowest BCUT2D eigenvalue weighted by molar-refractivity contribution is -0.111. The van der Waals surface area contributed by atoms with Crippen LogP contribution in [0.25, 0.3) is 0 Å². The standard InChI is InChI=1S/C15H14N2O/c18-15(11-16-13-7-3-1-4-8-13)12-17-14-9-5-2-6-10-14/h1-11,17H,12H2. The van der Waals surface area contributed by atoms with Crippen LogP contribution in [0.5, 0.6) is 0 Å². The molecular weight excluding hydrogens is 224 g/mol. The van der Waals surface area contributed by atoms with E-state index in [1.165, 1.54) is 6.21 Å². The average Bonchev–Trinajstić information content (AvgIpc) is 2.45. The highest BCUT2D eigenvalue weighted by Crippen LogP contribution is 2.08. The van der Waals surface area contributed by atoms with Crippen LogP contribution in [0.3, 0.4) is 0 Å². The SMILES string of the molecule is O=C(C=Nc1ccccc1)CNc1ccccc1. The van der Waals surface area contributed by atoms with Crippen LogP contribution < -0.4 is 5.32 Å². The Morgan fingerprint density at radius 1 is 1.00 bits per heavy atom. The van der Waals surface area contributed by atoms with Crippen molar-refractivity contribution in [1.29, 1.82) is 0 Å². The normalized spacial score (nSPS) is 10.4. The highest BCUT2D eigenvalue weighted by atomic mass is 16.1. The molecule has 2 aromatic carbocycles. The Hall–Kier alpha value is -2.42. The van der Waals surface area contributed by atoms with Gasteiger partial charge in [0.1, 0.15) is 0 Å². The van der Waals surface area contributed by atoms with E-state index in [9.17, 15) is 4.79 Å². The van der Waals surface area contributed by atoms with E-state index >= 15 is 0 Å². The first-order valence-electron chi connectivity index (χ1n) is 5.75. The summed E-state index contributed by atoms with van der Waals surface area (Å²) in [5.41, 5.74) is 1.71. The van der Waals surface area contributed by atoms with E-state index in [-0.39, 0.29) is 12.3 Å². The van der Waals surface area contributed by atoms with Crippen LogP contribution in [0.4, 0.5) is 11.4 Å². The number of aliphatic imine (C=N–C) groups is 1. The van der Waals surface area contributed by atoms with Gasteiger partial charge in [0.25, 0.3) is 0 Å². The number of rotatable bonds is 5. The predicted octanol–water partition coefficient (Wildman–Crippen LogP) is 3.07. The van der Waals surface area contributed by atoms with Gasteiger partial charge in [-0.1, -0.05) is 36.4 Å². The Bertz CT molecular complexity index is 521. The first kappa shape index (κ1) is 12.0. The van der Waals surface area contributed by atoms with Gasteiger partial charge in [0.05, 0.1) is 18.4 Å². The monoisotopic (exact) mass is 238 g/mol. The summed E-state index contributed by atoms with van der Waals surface area (Å²) in [6.07, 6.45) is 1.35. The lowest BCUT2D eigenvalue weighted by Crippen LogP contribution is -2.14. The Labute approximate surface area is 106 Å². The third-order valence-electron chi connectivity index (χ3n) is 2.35. The molecule has 0 spiro atoms. The second-order valence-corrected chi connectivity index (χ2v) is 3.78. The number of ketones is 1. The molecule has 0 aliphatic carbocycles. The van der Waals surface area contributed by atoms with Gasteiger partial charge in [-0.05, 0) is 24.3 Å². The van der Waals surface area contributed by atoms with Crippen LogP contribution in [0, 0.1) is 0 Å². The van der Waals surface area contributed by atoms with Crippen molar-refractivity contribution in [3.05, 3.63) is 60.7 Å². The number of nitrogens with one attached hydrogen (secondary N) is 1. The molecule has 0 heterocycles. The zero-order chi connectivity index (χ0) is 12.6. The molecule has 3 nitrogen and oxygen atoms in total. The van der Waals surface area contributed by atoms with Gasteiger partial charge in [-0.3, -0.25) is 9.79 Å². The molecule has 2 rings (SSSR count). The molecule has 0 aliphatic heterocycles. The van der Waals surface area contributed by atoms with Gasteiger partial charge in [-0.2, -0.15) is 0 Å². The number of carbonyl (C=O) groups is 1. The number of hydrogen-bond acceptors (Lipinski definition) is 3. The molecule has 0 fully saturated rings. The third-order valence-corrected chi connectivity index (χ3v) is 2.35. The molecule has 0 aliphatic rings. The summed E-state index contributed by atoms with van der Waals surface area (Å²) in [6.45, 7) is 0.250. The van der Waals surface area contributed by atoms with Crippen LogP contribution in [0.2, 0.25) is 0 Å². The van der Waals surface area contributed by atoms with Crippen molar-refractivity contribution in [2.24, 2.45) is 4.99 Å². The Morgan fingerprint density at radius 3 is 2.28 bits per heavy atom. The number of carbonyl (C=O) groups excluding carboxylic acids is 1. The van der Waals surface area contributed by atoms with Gasteiger partial charge >= 0.3 is 0 Å². The van der Waals surface area contributed by atoms with Gasteiger partial charge in [-0.15, -0.1) is 0 Å². The smallest absolute Gasteiger partial charge is 0.192 e. The zero-order valence-corrected chi connectivity index (χ0v) is 9.91. The molecule has 18 heavy (non-hydrogen) atoms. The minimum atomic E-state index is -0.0530. The van der Waals surface area contributed by atoms with Crippen molar-refractivity contribution < 1.29 is 4.79 Å². The van der Waals surface area contributed by atoms with E-state index in [2.05, 4.69) is 10.3 Å². The topological polar surface area (TPSA) is 41.5 Å². The van der Waals surface area contributed by atoms with E-state index in [0.717, 1.165) is 11.4 Å². The maximum Gasteiger partial charge on any atom is 0.192 e. The highest BCUT2D eigenvalue weighted by Gasteiger charge is 1.97. The van der Waals surface area contributed by atoms with Gasteiger partial charge in [0.2, 0.25) is 0 Å². The Kier molecular flexibility index (Phi) is 4.25. The Morgan fingerprint density at radius 2 is 1.61 bits per heavy atom. The van der Waals surface area contributed by atoms with Crippen LogP contribution >= 0.6 is 0 Å². The van der Waals surface area contributed by atoms with E-state index in [4.69, 9.17) is 0 Å². The van der Waals surface area contributed by atoms with Crippen molar-refractivity contribution >= 4 is 23.4 Å².